The molecule has 0 aromatic heterocycles. The van der Waals surface area contributed by atoms with Gasteiger partial charge in [0.25, 0.3) is 0 Å². The maximum absolute atomic E-state index is 12.8. The molecule has 54 heavy (non-hydrogen) atoms. The van der Waals surface area contributed by atoms with Gasteiger partial charge in [0.05, 0.1) is 39.9 Å². The summed E-state index contributed by atoms with van der Waals surface area (Å²) in [4.78, 5) is 23.1. The highest BCUT2D eigenvalue weighted by Gasteiger charge is 2.27. The molecular formula is C45H82N2O6P+. The summed E-state index contributed by atoms with van der Waals surface area (Å²) in [5.74, 6) is -0.206. The molecule has 8 nitrogen and oxygen atoms in total. The van der Waals surface area contributed by atoms with Crippen molar-refractivity contribution in [3.63, 3.8) is 0 Å². The number of phosphoric ester groups is 1. The van der Waals surface area contributed by atoms with E-state index in [-0.39, 0.29) is 19.1 Å². The molecule has 3 atom stereocenters. The van der Waals surface area contributed by atoms with Crippen LogP contribution in [0, 0.1) is 0 Å². The van der Waals surface area contributed by atoms with Crippen LogP contribution in [0.1, 0.15) is 155 Å². The fourth-order valence-corrected chi connectivity index (χ4v) is 6.25. The Hall–Kier alpha value is -2.06. The summed E-state index contributed by atoms with van der Waals surface area (Å²) in [6.07, 6.45) is 48.2. The van der Waals surface area contributed by atoms with E-state index >= 15 is 0 Å². The average molecular weight is 778 g/mol. The van der Waals surface area contributed by atoms with Crippen molar-refractivity contribution in [1.82, 2.24) is 5.32 Å². The van der Waals surface area contributed by atoms with E-state index in [9.17, 15) is 19.4 Å². The van der Waals surface area contributed by atoms with Crippen molar-refractivity contribution in [2.45, 2.75) is 167 Å². The van der Waals surface area contributed by atoms with Crippen LogP contribution < -0.4 is 5.32 Å². The number of likely N-dealkylation sites (N-methyl/N-ethyl adjacent to an activating group) is 1. The van der Waals surface area contributed by atoms with Crippen molar-refractivity contribution in [3.05, 3.63) is 72.9 Å². The Bertz CT molecular complexity index is 1110. The van der Waals surface area contributed by atoms with Gasteiger partial charge in [-0.1, -0.05) is 151 Å². The van der Waals surface area contributed by atoms with Gasteiger partial charge in [-0.15, -0.1) is 0 Å². The van der Waals surface area contributed by atoms with Crippen LogP contribution in [0.2, 0.25) is 0 Å². The average Bonchev–Trinajstić information content (AvgIpc) is 3.12. The Morgan fingerprint density at radius 2 is 1.13 bits per heavy atom. The smallest absolute Gasteiger partial charge is 0.387 e. The lowest BCUT2D eigenvalue weighted by Crippen LogP contribution is -2.45. The van der Waals surface area contributed by atoms with Crippen LogP contribution in [0.15, 0.2) is 72.9 Å². The summed E-state index contributed by atoms with van der Waals surface area (Å²) in [5, 5.41) is 13.8. The molecule has 0 rings (SSSR count). The minimum absolute atomic E-state index is 0.0493. The number of nitrogens with zero attached hydrogens (tertiary/aromatic N) is 1. The highest BCUT2D eigenvalue weighted by molar-refractivity contribution is 7.47. The van der Waals surface area contributed by atoms with E-state index in [4.69, 9.17) is 9.05 Å². The molecule has 3 N–H and O–H groups in total. The van der Waals surface area contributed by atoms with Crippen molar-refractivity contribution >= 4 is 13.7 Å². The minimum Gasteiger partial charge on any atom is -0.387 e. The predicted molar refractivity (Wildman–Crippen MR) is 230 cm³/mol. The molecule has 0 aliphatic heterocycles. The molecule has 9 heteroatoms. The maximum atomic E-state index is 12.8. The van der Waals surface area contributed by atoms with Gasteiger partial charge in [-0.3, -0.25) is 13.8 Å². The fourth-order valence-electron chi connectivity index (χ4n) is 5.52. The molecule has 0 aliphatic carbocycles. The van der Waals surface area contributed by atoms with E-state index in [0.29, 0.717) is 17.4 Å². The first-order valence-corrected chi connectivity index (χ1v) is 22.8. The Morgan fingerprint density at radius 1 is 0.648 bits per heavy atom. The molecule has 0 heterocycles. The Labute approximate surface area is 332 Å². The predicted octanol–water partition coefficient (Wildman–Crippen LogP) is 11.6. The van der Waals surface area contributed by atoms with Gasteiger partial charge in [-0.05, 0) is 70.6 Å². The standard InChI is InChI=1S/C45H81N2O6P/c1-6-8-10-12-14-16-18-20-21-22-23-24-25-27-29-31-33-35-37-39-45(49)46-43(42-53-54(50,51)52-41-40-47(3,4)5)44(48)38-36-34-32-30-28-26-19-17-15-13-11-9-7-2/h8,10,14,16,20-21,23-24,28,30,36,38,43-44,48H,6-7,9,11-13,15,17-19,22,25-27,29,31-35,37,39-42H2,1-5H3,(H-,46,49,50,51)/p+1/b10-8-,16-14-,21-20-,24-23-,30-28+,38-36+. The quantitative estimate of drug-likeness (QED) is 0.0251. The summed E-state index contributed by atoms with van der Waals surface area (Å²) in [6.45, 7) is 4.63. The van der Waals surface area contributed by atoms with Gasteiger partial charge >= 0.3 is 7.82 Å². The van der Waals surface area contributed by atoms with Gasteiger partial charge in [0, 0.05) is 6.42 Å². The summed E-state index contributed by atoms with van der Waals surface area (Å²) in [5.41, 5.74) is 0. The molecular weight excluding hydrogens is 695 g/mol. The normalized spacial score (nSPS) is 15.2. The lowest BCUT2D eigenvalue weighted by Gasteiger charge is -2.25. The number of carbonyl (C=O) groups is 1. The summed E-state index contributed by atoms with van der Waals surface area (Å²) >= 11 is 0. The zero-order valence-electron chi connectivity index (χ0n) is 35.2. The first-order valence-electron chi connectivity index (χ1n) is 21.3. The number of unbranched alkanes of at least 4 members (excludes halogenated alkanes) is 14. The molecule has 0 saturated carbocycles. The maximum Gasteiger partial charge on any atom is 0.472 e. The summed E-state index contributed by atoms with van der Waals surface area (Å²) in [6, 6.07) is -0.873. The van der Waals surface area contributed by atoms with Crippen LogP contribution in [-0.2, 0) is 18.4 Å². The number of aliphatic hydroxyl groups is 1. The molecule has 0 radical (unpaired) electrons. The third-order valence-corrected chi connectivity index (χ3v) is 9.89. The molecule has 3 unspecified atom stereocenters. The first kappa shape index (κ1) is 51.9. The SMILES string of the molecule is CC/C=C\C/C=C\C/C=C\C/C=C\CCCCCCCCC(=O)NC(COP(=O)(O)OCC[N+](C)(C)C)C(O)/C=C/CC/C=C/CCCCCCCCC. The van der Waals surface area contributed by atoms with E-state index in [2.05, 4.69) is 79.9 Å². The largest absolute Gasteiger partial charge is 0.472 e. The molecule has 312 valence electrons. The van der Waals surface area contributed by atoms with Gasteiger partial charge in [0.15, 0.2) is 0 Å². The van der Waals surface area contributed by atoms with Crippen molar-refractivity contribution in [1.29, 1.82) is 0 Å². The third-order valence-electron chi connectivity index (χ3n) is 8.91. The van der Waals surface area contributed by atoms with Crippen LogP contribution in [0.5, 0.6) is 0 Å². The van der Waals surface area contributed by atoms with E-state index in [0.717, 1.165) is 77.0 Å². The van der Waals surface area contributed by atoms with Gasteiger partial charge in [-0.2, -0.15) is 0 Å². The fraction of sp³-hybridized carbons (Fsp3) is 0.711. The molecule has 0 saturated heterocycles. The van der Waals surface area contributed by atoms with Gasteiger partial charge in [0.2, 0.25) is 5.91 Å². The Kier molecular flexibility index (Phi) is 35.2. The number of allylic oxidation sites excluding steroid dienone is 11. The zero-order chi connectivity index (χ0) is 40.0. The lowest BCUT2D eigenvalue weighted by atomic mass is 10.1. The number of carbonyl (C=O) groups excluding carboxylic acids is 1. The molecule has 0 fully saturated rings. The molecule has 0 bridgehead atoms. The topological polar surface area (TPSA) is 105 Å². The number of hydrogen-bond acceptors (Lipinski definition) is 5. The zero-order valence-corrected chi connectivity index (χ0v) is 36.1. The second kappa shape index (κ2) is 36.6. The van der Waals surface area contributed by atoms with E-state index in [1.807, 2.05) is 27.2 Å². The number of aliphatic hydroxyl groups excluding tert-OH is 1. The van der Waals surface area contributed by atoms with Crippen LogP contribution in [0.25, 0.3) is 0 Å². The van der Waals surface area contributed by atoms with Crippen molar-refractivity contribution < 1.29 is 32.9 Å². The van der Waals surface area contributed by atoms with Gasteiger partial charge in [0.1, 0.15) is 13.2 Å². The summed E-state index contributed by atoms with van der Waals surface area (Å²) in [7, 11) is 1.53. The molecule has 1 amide bonds. The molecule has 0 aliphatic rings. The highest BCUT2D eigenvalue weighted by atomic mass is 31.2. The van der Waals surface area contributed by atoms with Crippen LogP contribution in [0.3, 0.4) is 0 Å². The number of quaternary nitrogens is 1. The second-order valence-electron chi connectivity index (χ2n) is 15.3. The molecule has 0 aromatic carbocycles. The Morgan fingerprint density at radius 3 is 1.70 bits per heavy atom. The number of amides is 1. The van der Waals surface area contributed by atoms with E-state index in [1.165, 1.54) is 57.8 Å². The first-order chi connectivity index (χ1) is 26.0. The number of nitrogens with one attached hydrogen (secondary N) is 1. The van der Waals surface area contributed by atoms with E-state index < -0.39 is 20.0 Å². The van der Waals surface area contributed by atoms with Crippen LogP contribution >= 0.6 is 7.82 Å². The van der Waals surface area contributed by atoms with Gasteiger partial charge in [-0.25, -0.2) is 4.57 Å². The van der Waals surface area contributed by atoms with Crippen molar-refractivity contribution in [2.75, 3.05) is 40.9 Å². The monoisotopic (exact) mass is 778 g/mol. The van der Waals surface area contributed by atoms with Crippen molar-refractivity contribution in [2.24, 2.45) is 0 Å². The van der Waals surface area contributed by atoms with Crippen LogP contribution in [-0.4, -0.2) is 73.4 Å². The lowest BCUT2D eigenvalue weighted by molar-refractivity contribution is -0.870. The Balaban J connectivity index is 4.52. The number of rotatable bonds is 37. The molecule has 0 spiro atoms. The van der Waals surface area contributed by atoms with Crippen LogP contribution in [0.4, 0.5) is 0 Å². The number of hydrogen-bond donors (Lipinski definition) is 3. The van der Waals surface area contributed by atoms with Crippen molar-refractivity contribution in [3.8, 4) is 0 Å². The minimum atomic E-state index is -4.35. The number of phosphoric acid groups is 1. The third kappa shape index (κ3) is 38.2. The molecule has 0 aromatic rings. The summed E-state index contributed by atoms with van der Waals surface area (Å²) < 4.78 is 23.5. The second-order valence-corrected chi connectivity index (χ2v) is 16.8. The van der Waals surface area contributed by atoms with E-state index in [1.54, 1.807) is 6.08 Å². The van der Waals surface area contributed by atoms with Gasteiger partial charge < -0.3 is 19.8 Å². The highest BCUT2D eigenvalue weighted by Crippen LogP contribution is 2.43.